The minimum atomic E-state index is -3.87. The molecule has 1 aromatic heterocycles. The quantitative estimate of drug-likeness (QED) is 0.382. The maximum absolute atomic E-state index is 12.6. The lowest BCUT2D eigenvalue weighted by atomic mass is 10.0. The van der Waals surface area contributed by atoms with Crippen LogP contribution in [0.2, 0.25) is 0 Å². The van der Waals surface area contributed by atoms with Gasteiger partial charge in [-0.25, -0.2) is 4.98 Å². The molecule has 8 nitrogen and oxygen atoms in total. The first-order chi connectivity index (χ1) is 16.4. The number of ether oxygens (including phenoxy) is 3. The van der Waals surface area contributed by atoms with Crippen molar-refractivity contribution < 1.29 is 26.8 Å². The van der Waals surface area contributed by atoms with Crippen molar-refractivity contribution in [1.29, 1.82) is 0 Å². The number of aryl methyl sites for hydroxylation is 2. The molecule has 0 amide bonds. The van der Waals surface area contributed by atoms with Gasteiger partial charge in [0.25, 0.3) is 10.1 Å². The Balaban J connectivity index is 1.37. The summed E-state index contributed by atoms with van der Waals surface area (Å²) in [7, 11) is -2.22. The van der Waals surface area contributed by atoms with Crippen LogP contribution in [0.15, 0.2) is 72.1 Å². The van der Waals surface area contributed by atoms with Gasteiger partial charge in [-0.15, -0.1) is 0 Å². The van der Waals surface area contributed by atoms with E-state index in [2.05, 4.69) is 4.98 Å². The summed E-state index contributed by atoms with van der Waals surface area (Å²) in [6, 6.07) is 14.5. The van der Waals surface area contributed by atoms with Gasteiger partial charge in [-0.05, 0) is 49.6 Å². The number of hydrogen-bond acceptors (Lipinski definition) is 7. The third-order valence-electron chi connectivity index (χ3n) is 5.80. The first-order valence-corrected chi connectivity index (χ1v) is 12.6. The second-order valence-corrected chi connectivity index (χ2v) is 10.1. The number of nitrogens with zero attached hydrogens (tertiary/aromatic N) is 2. The molecule has 1 fully saturated rings. The molecular formula is C25H30N2O6S. The highest BCUT2D eigenvalue weighted by Gasteiger charge is 2.42. The number of rotatable bonds is 11. The van der Waals surface area contributed by atoms with Gasteiger partial charge in [0, 0.05) is 18.8 Å². The Bertz CT molecular complexity index is 1150. The highest BCUT2D eigenvalue weighted by molar-refractivity contribution is 7.86. The first-order valence-electron chi connectivity index (χ1n) is 11.2. The van der Waals surface area contributed by atoms with Crippen LogP contribution in [0, 0.1) is 6.92 Å². The summed E-state index contributed by atoms with van der Waals surface area (Å²) in [4.78, 5) is 4.23. The monoisotopic (exact) mass is 486 g/mol. The normalized spacial score (nSPS) is 20.5. The number of benzene rings is 2. The molecule has 3 aromatic rings. The van der Waals surface area contributed by atoms with E-state index < -0.39 is 22.0 Å². The molecule has 2 aromatic carbocycles. The standard InChI is InChI=1S/C25H30N2O6S/c1-20-5-11-24(12-6-20)34(28,29)32-17-23-16-31-25(33-23,18-27-15-14-26-19-27)13-3-4-21-7-9-22(30-2)10-8-21/h5-12,14-15,19,23H,3-4,13,16-18H2,1-2H3/t23-,25-/m1/s1. The molecule has 182 valence electrons. The Morgan fingerprint density at radius 3 is 2.59 bits per heavy atom. The summed E-state index contributed by atoms with van der Waals surface area (Å²) in [5.74, 6) is -0.0549. The maximum Gasteiger partial charge on any atom is 0.297 e. The molecule has 1 saturated heterocycles. The van der Waals surface area contributed by atoms with Crippen molar-refractivity contribution in [2.45, 2.75) is 49.5 Å². The van der Waals surface area contributed by atoms with Gasteiger partial charge in [0.2, 0.25) is 0 Å². The van der Waals surface area contributed by atoms with Gasteiger partial charge < -0.3 is 18.8 Å². The summed E-state index contributed by atoms with van der Waals surface area (Å²) < 4.78 is 49.9. The second-order valence-electron chi connectivity index (χ2n) is 8.45. The average molecular weight is 487 g/mol. The molecule has 0 bridgehead atoms. The Labute approximate surface area is 200 Å². The lowest BCUT2D eigenvalue weighted by Gasteiger charge is -2.28. The maximum atomic E-state index is 12.6. The van der Waals surface area contributed by atoms with Gasteiger partial charge in [-0.2, -0.15) is 8.42 Å². The van der Waals surface area contributed by atoms with Crippen LogP contribution in [0.4, 0.5) is 0 Å². The van der Waals surface area contributed by atoms with Crippen molar-refractivity contribution >= 4 is 10.1 Å². The zero-order valence-corrected chi connectivity index (χ0v) is 20.2. The Hall–Kier alpha value is -2.72. The van der Waals surface area contributed by atoms with E-state index in [1.807, 2.05) is 42.0 Å². The van der Waals surface area contributed by atoms with Crippen molar-refractivity contribution in [3.63, 3.8) is 0 Å². The molecule has 2 atom stereocenters. The van der Waals surface area contributed by atoms with E-state index in [0.717, 1.165) is 24.2 Å². The molecule has 0 saturated carbocycles. The van der Waals surface area contributed by atoms with E-state index in [0.29, 0.717) is 13.0 Å². The zero-order valence-electron chi connectivity index (χ0n) is 19.4. The van der Waals surface area contributed by atoms with Gasteiger partial charge in [0.05, 0.1) is 38.1 Å². The molecular weight excluding hydrogens is 456 g/mol. The average Bonchev–Trinajstić information content (AvgIpc) is 3.49. The summed E-state index contributed by atoms with van der Waals surface area (Å²) in [6.45, 7) is 2.49. The minimum absolute atomic E-state index is 0.111. The van der Waals surface area contributed by atoms with Crippen molar-refractivity contribution in [2.24, 2.45) is 0 Å². The summed E-state index contributed by atoms with van der Waals surface area (Å²) >= 11 is 0. The molecule has 2 heterocycles. The predicted octanol–water partition coefficient (Wildman–Crippen LogP) is 3.74. The number of hydrogen-bond donors (Lipinski definition) is 0. The summed E-state index contributed by atoms with van der Waals surface area (Å²) in [5, 5.41) is 0. The molecule has 1 aliphatic rings. The SMILES string of the molecule is COc1ccc(CCC[C@@]2(Cn3ccnc3)OC[C@H](COS(=O)(=O)c3ccc(C)cc3)O2)cc1. The fraction of sp³-hybridized carbons (Fsp3) is 0.400. The third kappa shape index (κ3) is 6.24. The molecule has 1 aliphatic heterocycles. The smallest absolute Gasteiger partial charge is 0.297 e. The van der Waals surface area contributed by atoms with Gasteiger partial charge >= 0.3 is 0 Å². The van der Waals surface area contributed by atoms with E-state index in [-0.39, 0.29) is 18.1 Å². The molecule has 9 heteroatoms. The van der Waals surface area contributed by atoms with Crippen molar-refractivity contribution in [3.05, 3.63) is 78.4 Å². The van der Waals surface area contributed by atoms with E-state index in [1.165, 1.54) is 5.56 Å². The Morgan fingerprint density at radius 2 is 1.91 bits per heavy atom. The van der Waals surface area contributed by atoms with Crippen LogP contribution in [-0.4, -0.2) is 50.2 Å². The third-order valence-corrected chi connectivity index (χ3v) is 7.09. The molecule has 0 N–H and O–H groups in total. The van der Waals surface area contributed by atoms with E-state index in [9.17, 15) is 8.42 Å². The molecule has 4 rings (SSSR count). The van der Waals surface area contributed by atoms with E-state index in [1.54, 1.807) is 43.9 Å². The second kappa shape index (κ2) is 10.7. The molecule has 0 unspecified atom stereocenters. The van der Waals surface area contributed by atoms with Gasteiger partial charge in [0.15, 0.2) is 5.79 Å². The van der Waals surface area contributed by atoms with Crippen LogP contribution in [0.25, 0.3) is 0 Å². The van der Waals surface area contributed by atoms with E-state index in [4.69, 9.17) is 18.4 Å². The zero-order chi connectivity index (χ0) is 24.0. The molecule has 0 aliphatic carbocycles. The van der Waals surface area contributed by atoms with E-state index >= 15 is 0 Å². The Kier molecular flexibility index (Phi) is 7.67. The van der Waals surface area contributed by atoms with Crippen molar-refractivity contribution in [2.75, 3.05) is 20.3 Å². The Morgan fingerprint density at radius 1 is 1.15 bits per heavy atom. The van der Waals surface area contributed by atoms with Crippen LogP contribution in [0.3, 0.4) is 0 Å². The van der Waals surface area contributed by atoms with Crippen LogP contribution < -0.4 is 4.74 Å². The fourth-order valence-electron chi connectivity index (χ4n) is 3.94. The topological polar surface area (TPSA) is 88.9 Å². The highest BCUT2D eigenvalue weighted by Crippen LogP contribution is 2.32. The van der Waals surface area contributed by atoms with Crippen LogP contribution in [-0.2, 0) is 36.7 Å². The summed E-state index contributed by atoms with van der Waals surface area (Å²) in [5.41, 5.74) is 2.17. The number of aromatic nitrogens is 2. The van der Waals surface area contributed by atoms with Crippen LogP contribution in [0.5, 0.6) is 5.75 Å². The first kappa shape index (κ1) is 24.4. The van der Waals surface area contributed by atoms with Gasteiger partial charge in [-0.1, -0.05) is 29.8 Å². The van der Waals surface area contributed by atoms with Crippen molar-refractivity contribution in [3.8, 4) is 5.75 Å². The molecule has 0 radical (unpaired) electrons. The van der Waals surface area contributed by atoms with Gasteiger partial charge in [0.1, 0.15) is 11.9 Å². The van der Waals surface area contributed by atoms with Crippen molar-refractivity contribution in [1.82, 2.24) is 9.55 Å². The highest BCUT2D eigenvalue weighted by atomic mass is 32.2. The van der Waals surface area contributed by atoms with Crippen LogP contribution >= 0.6 is 0 Å². The summed E-state index contributed by atoms with van der Waals surface area (Å²) in [6.07, 6.45) is 7.09. The largest absolute Gasteiger partial charge is 0.497 e. The lowest BCUT2D eigenvalue weighted by Crippen LogP contribution is -2.37. The number of imidazole rings is 1. The van der Waals surface area contributed by atoms with Crippen LogP contribution in [0.1, 0.15) is 24.0 Å². The molecule has 34 heavy (non-hydrogen) atoms. The lowest BCUT2D eigenvalue weighted by molar-refractivity contribution is -0.185. The minimum Gasteiger partial charge on any atom is -0.497 e. The number of methoxy groups -OCH3 is 1. The van der Waals surface area contributed by atoms with Gasteiger partial charge in [-0.3, -0.25) is 4.18 Å². The predicted molar refractivity (Wildman–Crippen MR) is 126 cm³/mol. The molecule has 0 spiro atoms. The fourth-order valence-corrected chi connectivity index (χ4v) is 4.88.